The summed E-state index contributed by atoms with van der Waals surface area (Å²) in [6.07, 6.45) is -14.9. The van der Waals surface area contributed by atoms with E-state index in [2.05, 4.69) is 0 Å². The average Bonchev–Trinajstić information content (AvgIpc) is 1.70. The third kappa shape index (κ3) is 10.4. The van der Waals surface area contributed by atoms with Crippen molar-refractivity contribution in [2.75, 3.05) is 0 Å². The molecule has 0 heterocycles. The molecule has 0 atom stereocenters. The maximum absolute atomic E-state index is 11.8. The molecule has 0 aliphatic carbocycles. The Morgan fingerprint density at radius 2 is 0.688 bits per heavy atom. The molecule has 0 amide bonds. The van der Waals surface area contributed by atoms with Crippen LogP contribution in [-0.4, -0.2) is 32.7 Å². The fraction of sp³-hybridized carbons (Fsp3) is 1.00. The summed E-state index contributed by atoms with van der Waals surface area (Å²) in [5.74, 6) is 0. The lowest BCUT2D eigenvalue weighted by atomic mass is 10.7. The van der Waals surface area contributed by atoms with Crippen molar-refractivity contribution in [2.24, 2.45) is 0 Å². The van der Waals surface area contributed by atoms with Crippen LogP contribution in [-0.2, 0) is 0 Å². The summed E-state index contributed by atoms with van der Waals surface area (Å²) >= 11 is -3.98. The second kappa shape index (κ2) is 5.04. The fourth-order valence-electron chi connectivity index (χ4n) is 1.20. The van der Waals surface area contributed by atoms with E-state index in [-0.39, 0.29) is 0 Å². The van der Waals surface area contributed by atoms with Gasteiger partial charge in [-0.05, 0) is 15.8 Å². The topological polar surface area (TPSA) is 0 Å². The number of hydrogen-bond donors (Lipinski definition) is 0. The monoisotopic (exact) mass is 276 g/mol. The van der Waals surface area contributed by atoms with Gasteiger partial charge in [0, 0.05) is 0 Å². The summed E-state index contributed by atoms with van der Waals surface area (Å²) in [5.41, 5.74) is 0. The summed E-state index contributed by atoms with van der Waals surface area (Å²) in [5, 5.41) is -5.86. The maximum atomic E-state index is 11.8. The van der Waals surface area contributed by atoms with Crippen LogP contribution in [0.15, 0.2) is 0 Å². The van der Waals surface area contributed by atoms with Crippen LogP contribution in [0.5, 0.6) is 0 Å². The van der Waals surface area contributed by atoms with Crippen molar-refractivity contribution in [3.63, 3.8) is 0 Å². The van der Waals surface area contributed by atoms with Gasteiger partial charge >= 0.3 is 32.7 Å². The highest BCUT2D eigenvalue weighted by atomic mass is 27.2. The van der Waals surface area contributed by atoms with Gasteiger partial charge in [0.2, 0.25) is 0 Å². The van der Waals surface area contributed by atoms with Crippen molar-refractivity contribution in [3.05, 3.63) is 0 Å². The van der Waals surface area contributed by atoms with E-state index in [1.807, 2.05) is 0 Å². The normalized spacial score (nSPS) is 14.1. The minimum absolute atomic E-state index is 1.95. The molecule has 0 bridgehead atoms. The molecule has 0 saturated heterocycles. The van der Waals surface area contributed by atoms with Crippen LogP contribution in [0.2, 0.25) is 15.8 Å². The molecule has 0 saturated carbocycles. The molecule has 0 aliphatic heterocycles. The molecule has 0 radical (unpaired) electrons. The van der Waals surface area contributed by atoms with E-state index in [4.69, 9.17) is 0 Å². The third-order valence-electron chi connectivity index (χ3n) is 1.56. The zero-order chi connectivity index (χ0) is 13.2. The fourth-order valence-corrected chi connectivity index (χ4v) is 3.60. The molecule has 0 rings (SSSR count). The van der Waals surface area contributed by atoms with Gasteiger partial charge in [-0.25, -0.2) is 0 Å². The number of halogens is 9. The second-order valence-corrected chi connectivity index (χ2v) is 6.28. The molecule has 0 aliphatic rings. The Morgan fingerprint density at radius 3 is 0.812 bits per heavy atom. The SMILES string of the molecule is FC(F)(F)[CH2][Al]([CH2]C(F)(F)F)[CH2]C(F)(F)F. The van der Waals surface area contributed by atoms with Crippen molar-refractivity contribution >= 4 is 14.1 Å². The van der Waals surface area contributed by atoms with E-state index in [1.54, 1.807) is 0 Å². The molecular formula is C6H6AlF9. The molecule has 0 aromatic heterocycles. The lowest BCUT2D eigenvalue weighted by molar-refractivity contribution is -0.124. The standard InChI is InChI=1S/3C2H2F3.Al/c3*1-2(3,4)5;/h3*1H2;. The van der Waals surface area contributed by atoms with Crippen molar-refractivity contribution in [3.8, 4) is 0 Å². The van der Waals surface area contributed by atoms with Gasteiger partial charge in [-0.3, -0.25) is 0 Å². The minimum Gasteiger partial charge on any atom is -0.173 e. The minimum atomic E-state index is -4.98. The number of alkyl halides is 9. The second-order valence-electron chi connectivity index (χ2n) is 3.32. The van der Waals surface area contributed by atoms with E-state index in [0.717, 1.165) is 0 Å². The first-order valence-corrected chi connectivity index (χ1v) is 6.44. The van der Waals surface area contributed by atoms with E-state index >= 15 is 0 Å². The maximum Gasteiger partial charge on any atom is 0.377 e. The van der Waals surface area contributed by atoms with Crippen molar-refractivity contribution in [1.29, 1.82) is 0 Å². The van der Waals surface area contributed by atoms with Gasteiger partial charge in [-0.15, -0.1) is 0 Å². The van der Waals surface area contributed by atoms with E-state index < -0.39 is 48.5 Å². The Balaban J connectivity index is 4.53. The quantitative estimate of drug-likeness (QED) is 0.536. The van der Waals surface area contributed by atoms with Gasteiger partial charge in [0.05, 0.1) is 0 Å². The summed E-state index contributed by atoms with van der Waals surface area (Å²) in [7, 11) is 0. The summed E-state index contributed by atoms with van der Waals surface area (Å²) < 4.78 is 106. The molecule has 0 N–H and O–H groups in total. The Bertz CT molecular complexity index is 173. The van der Waals surface area contributed by atoms with Crippen molar-refractivity contribution < 1.29 is 39.5 Å². The molecule has 0 nitrogen and oxygen atoms in total. The predicted octanol–water partition coefficient (Wildman–Crippen LogP) is 4.17. The van der Waals surface area contributed by atoms with Crippen molar-refractivity contribution in [1.82, 2.24) is 0 Å². The zero-order valence-electron chi connectivity index (χ0n) is 7.60. The molecular weight excluding hydrogens is 270 g/mol. The van der Waals surface area contributed by atoms with Crippen LogP contribution in [0.1, 0.15) is 0 Å². The highest BCUT2D eigenvalue weighted by Gasteiger charge is 2.47. The first-order chi connectivity index (χ1) is 6.79. The lowest BCUT2D eigenvalue weighted by Crippen LogP contribution is -2.32. The third-order valence-corrected chi connectivity index (χ3v) is 4.68. The van der Waals surface area contributed by atoms with Gasteiger partial charge in [0.15, 0.2) is 0 Å². The molecule has 0 fully saturated rings. The smallest absolute Gasteiger partial charge is 0.173 e. The summed E-state index contributed by atoms with van der Waals surface area (Å²) in [4.78, 5) is 0. The van der Waals surface area contributed by atoms with Gasteiger partial charge in [0.1, 0.15) is 0 Å². The summed E-state index contributed by atoms with van der Waals surface area (Å²) in [6.45, 7) is 0. The highest BCUT2D eigenvalue weighted by molar-refractivity contribution is 6.59. The predicted molar refractivity (Wildman–Crippen MR) is 38.3 cm³/mol. The van der Waals surface area contributed by atoms with Crippen LogP contribution in [0.4, 0.5) is 39.5 Å². The summed E-state index contributed by atoms with van der Waals surface area (Å²) in [6, 6.07) is 0. The Kier molecular flexibility index (Phi) is 5.01. The van der Waals surface area contributed by atoms with Gasteiger partial charge < -0.3 is 0 Å². The van der Waals surface area contributed by atoms with Crippen LogP contribution in [0, 0.1) is 0 Å². The molecule has 0 aromatic rings. The number of hydrogen-bond acceptors (Lipinski definition) is 0. The van der Waals surface area contributed by atoms with Crippen LogP contribution >= 0.6 is 0 Å². The Morgan fingerprint density at radius 1 is 0.500 bits per heavy atom. The Labute approximate surface area is 88.8 Å². The van der Waals surface area contributed by atoms with Crippen LogP contribution in [0.3, 0.4) is 0 Å². The Hall–Kier alpha value is -0.0975. The first-order valence-electron chi connectivity index (χ1n) is 3.99. The van der Waals surface area contributed by atoms with Gasteiger partial charge in [-0.1, -0.05) is 0 Å². The van der Waals surface area contributed by atoms with E-state index in [0.29, 0.717) is 0 Å². The molecule has 0 spiro atoms. The van der Waals surface area contributed by atoms with Gasteiger partial charge in [-0.2, -0.15) is 39.5 Å². The molecule has 0 unspecified atom stereocenters. The molecule has 16 heavy (non-hydrogen) atoms. The first kappa shape index (κ1) is 15.9. The van der Waals surface area contributed by atoms with E-state index in [1.165, 1.54) is 0 Å². The largest absolute Gasteiger partial charge is 0.377 e. The average molecular weight is 276 g/mol. The van der Waals surface area contributed by atoms with Crippen LogP contribution in [0.25, 0.3) is 0 Å². The van der Waals surface area contributed by atoms with Crippen molar-refractivity contribution in [2.45, 2.75) is 34.4 Å². The van der Waals surface area contributed by atoms with E-state index in [9.17, 15) is 39.5 Å². The zero-order valence-corrected chi connectivity index (χ0v) is 8.76. The van der Waals surface area contributed by atoms with Gasteiger partial charge in [0.25, 0.3) is 0 Å². The lowest BCUT2D eigenvalue weighted by Gasteiger charge is -2.17. The molecule has 0 aromatic carbocycles. The highest BCUT2D eigenvalue weighted by Crippen LogP contribution is 2.35. The molecule has 96 valence electrons. The van der Waals surface area contributed by atoms with Crippen LogP contribution < -0.4 is 0 Å². The number of rotatable bonds is 3. The molecule has 10 heteroatoms.